The molecule has 0 fully saturated rings. The van der Waals surface area contributed by atoms with Crippen molar-refractivity contribution in [3.05, 3.63) is 55.9 Å². The highest BCUT2D eigenvalue weighted by Crippen LogP contribution is 2.33. The van der Waals surface area contributed by atoms with Crippen molar-refractivity contribution in [3.8, 4) is 0 Å². The monoisotopic (exact) mass is 327 g/mol. The minimum Gasteiger partial charge on any atom is -0.312 e. The van der Waals surface area contributed by atoms with E-state index in [1.165, 1.54) is 15.8 Å². The highest BCUT2D eigenvalue weighted by atomic mass is 79.9. The smallest absolute Gasteiger partial charge is 0.126 e. The molecule has 2 rings (SSSR count). The second-order valence-corrected chi connectivity index (χ2v) is 6.35. The van der Waals surface area contributed by atoms with Gasteiger partial charge in [-0.2, -0.15) is 0 Å². The van der Waals surface area contributed by atoms with Crippen molar-refractivity contribution in [1.82, 2.24) is 5.32 Å². The molecular formula is C14H15BrFNS. The maximum absolute atomic E-state index is 13.7. The van der Waals surface area contributed by atoms with E-state index in [0.29, 0.717) is 6.42 Å². The molecule has 18 heavy (non-hydrogen) atoms. The van der Waals surface area contributed by atoms with E-state index in [0.717, 1.165) is 10.0 Å². The number of nitrogens with one attached hydrogen (secondary N) is 1. The Morgan fingerprint density at radius 1 is 1.39 bits per heavy atom. The second kappa shape index (κ2) is 5.95. The van der Waals surface area contributed by atoms with E-state index in [-0.39, 0.29) is 11.9 Å². The molecule has 0 aliphatic carbocycles. The first kappa shape index (κ1) is 13.7. The minimum absolute atomic E-state index is 0.134. The fourth-order valence-electron chi connectivity index (χ4n) is 1.95. The zero-order valence-electron chi connectivity index (χ0n) is 10.3. The lowest BCUT2D eigenvalue weighted by Crippen LogP contribution is -2.18. The van der Waals surface area contributed by atoms with Crippen LogP contribution in [-0.4, -0.2) is 7.05 Å². The van der Waals surface area contributed by atoms with Gasteiger partial charge in [0.25, 0.3) is 0 Å². The van der Waals surface area contributed by atoms with Gasteiger partial charge in [-0.15, -0.1) is 11.3 Å². The third-order valence-electron chi connectivity index (χ3n) is 2.88. The van der Waals surface area contributed by atoms with Gasteiger partial charge in [-0.1, -0.05) is 18.2 Å². The Morgan fingerprint density at radius 3 is 2.67 bits per heavy atom. The number of hydrogen-bond donors (Lipinski definition) is 1. The van der Waals surface area contributed by atoms with Crippen molar-refractivity contribution in [2.75, 3.05) is 7.05 Å². The molecule has 1 nitrogen and oxygen atoms in total. The lowest BCUT2D eigenvalue weighted by Gasteiger charge is -2.16. The first-order chi connectivity index (χ1) is 8.61. The van der Waals surface area contributed by atoms with E-state index in [4.69, 9.17) is 0 Å². The Hall–Kier alpha value is -0.710. The minimum atomic E-state index is -0.137. The first-order valence-corrected chi connectivity index (χ1v) is 7.39. The van der Waals surface area contributed by atoms with Crippen molar-refractivity contribution in [2.24, 2.45) is 0 Å². The summed E-state index contributed by atoms with van der Waals surface area (Å²) in [5, 5.41) is 3.26. The lowest BCUT2D eigenvalue weighted by molar-refractivity contribution is 0.559. The van der Waals surface area contributed by atoms with Crippen LogP contribution < -0.4 is 5.32 Å². The quantitative estimate of drug-likeness (QED) is 0.874. The Kier molecular flexibility index (Phi) is 4.54. The zero-order chi connectivity index (χ0) is 13.1. The highest BCUT2D eigenvalue weighted by Gasteiger charge is 2.17. The summed E-state index contributed by atoms with van der Waals surface area (Å²) >= 11 is 5.31. The van der Waals surface area contributed by atoms with Crippen molar-refractivity contribution in [1.29, 1.82) is 0 Å². The topological polar surface area (TPSA) is 12.0 Å². The van der Waals surface area contributed by atoms with Crippen molar-refractivity contribution in [2.45, 2.75) is 19.4 Å². The standard InChI is InChI=1S/C14H15BrFNS/c1-9-7-11(15)14(18-9)13(17-2)8-10-5-3-4-6-12(10)16/h3-7,13,17H,8H2,1-2H3. The fraction of sp³-hybridized carbons (Fsp3) is 0.286. The van der Waals surface area contributed by atoms with Gasteiger partial charge in [0.1, 0.15) is 5.82 Å². The van der Waals surface area contributed by atoms with Crippen LogP contribution in [0.25, 0.3) is 0 Å². The molecule has 0 amide bonds. The Balaban J connectivity index is 2.25. The molecule has 0 aliphatic heterocycles. The number of aryl methyl sites for hydroxylation is 1. The normalized spacial score (nSPS) is 12.7. The molecule has 1 unspecified atom stereocenters. The van der Waals surface area contributed by atoms with Crippen molar-refractivity contribution < 1.29 is 4.39 Å². The van der Waals surface area contributed by atoms with Crippen molar-refractivity contribution in [3.63, 3.8) is 0 Å². The van der Waals surface area contributed by atoms with Gasteiger partial charge >= 0.3 is 0 Å². The van der Waals surface area contributed by atoms with Gasteiger partial charge in [0.05, 0.1) is 0 Å². The molecule has 1 aromatic carbocycles. The van der Waals surface area contributed by atoms with E-state index in [2.05, 4.69) is 34.2 Å². The largest absolute Gasteiger partial charge is 0.312 e. The maximum Gasteiger partial charge on any atom is 0.126 e. The van der Waals surface area contributed by atoms with E-state index in [1.807, 2.05) is 19.2 Å². The summed E-state index contributed by atoms with van der Waals surface area (Å²) in [6.07, 6.45) is 0.654. The van der Waals surface area contributed by atoms with Crippen LogP contribution in [0.1, 0.15) is 21.4 Å². The van der Waals surface area contributed by atoms with E-state index < -0.39 is 0 Å². The predicted molar refractivity (Wildman–Crippen MR) is 78.7 cm³/mol. The van der Waals surface area contributed by atoms with Crippen LogP contribution in [0.3, 0.4) is 0 Å². The number of benzene rings is 1. The van der Waals surface area contributed by atoms with Gasteiger partial charge in [0.15, 0.2) is 0 Å². The van der Waals surface area contributed by atoms with E-state index in [9.17, 15) is 4.39 Å². The second-order valence-electron chi connectivity index (χ2n) is 4.21. The van der Waals surface area contributed by atoms with Gasteiger partial charge in [-0.05, 0) is 54.0 Å². The SMILES string of the molecule is CNC(Cc1ccccc1F)c1sc(C)cc1Br. The van der Waals surface area contributed by atoms with E-state index >= 15 is 0 Å². The molecular weight excluding hydrogens is 313 g/mol. The molecule has 1 atom stereocenters. The van der Waals surface area contributed by atoms with Crippen LogP contribution in [0.4, 0.5) is 4.39 Å². The molecule has 0 saturated carbocycles. The molecule has 1 aromatic heterocycles. The molecule has 1 N–H and O–H groups in total. The number of halogens is 2. The molecule has 0 aliphatic rings. The first-order valence-electron chi connectivity index (χ1n) is 5.78. The third kappa shape index (κ3) is 2.99. The van der Waals surface area contributed by atoms with Crippen LogP contribution in [0.15, 0.2) is 34.8 Å². The summed E-state index contributed by atoms with van der Waals surface area (Å²) in [7, 11) is 1.91. The van der Waals surface area contributed by atoms with Gasteiger partial charge in [-0.3, -0.25) is 0 Å². The van der Waals surface area contributed by atoms with Gasteiger partial charge in [0.2, 0.25) is 0 Å². The van der Waals surface area contributed by atoms with Crippen molar-refractivity contribution >= 4 is 27.3 Å². The molecule has 0 radical (unpaired) electrons. The lowest BCUT2D eigenvalue weighted by atomic mass is 10.0. The van der Waals surface area contributed by atoms with Crippen LogP contribution in [-0.2, 0) is 6.42 Å². The van der Waals surface area contributed by atoms with Crippen LogP contribution >= 0.6 is 27.3 Å². The van der Waals surface area contributed by atoms with E-state index in [1.54, 1.807) is 17.4 Å². The molecule has 96 valence electrons. The number of hydrogen-bond acceptors (Lipinski definition) is 2. The molecule has 1 heterocycles. The van der Waals surface area contributed by atoms with Gasteiger partial charge in [0, 0.05) is 20.3 Å². The van der Waals surface area contributed by atoms with Gasteiger partial charge in [-0.25, -0.2) is 4.39 Å². The predicted octanol–water partition coefficient (Wildman–Crippen LogP) is 4.46. The Labute approximate surface area is 119 Å². The van der Waals surface area contributed by atoms with Crippen LogP contribution in [0.2, 0.25) is 0 Å². The summed E-state index contributed by atoms with van der Waals surface area (Å²) in [6, 6.07) is 9.18. The third-order valence-corrected chi connectivity index (χ3v) is 4.97. The Morgan fingerprint density at radius 2 is 2.11 bits per heavy atom. The average molecular weight is 328 g/mol. The number of thiophene rings is 1. The summed E-state index contributed by atoms with van der Waals surface area (Å²) in [5.41, 5.74) is 0.745. The van der Waals surface area contributed by atoms with Crippen LogP contribution in [0, 0.1) is 12.7 Å². The summed E-state index contributed by atoms with van der Waals surface area (Å²) in [5.74, 6) is -0.137. The highest BCUT2D eigenvalue weighted by molar-refractivity contribution is 9.10. The maximum atomic E-state index is 13.7. The molecule has 0 spiro atoms. The van der Waals surface area contributed by atoms with Crippen LogP contribution in [0.5, 0.6) is 0 Å². The average Bonchev–Trinajstić information content (AvgIpc) is 2.67. The molecule has 2 aromatic rings. The molecule has 0 saturated heterocycles. The number of likely N-dealkylation sites (N-methyl/N-ethyl adjacent to an activating group) is 1. The molecule has 4 heteroatoms. The zero-order valence-corrected chi connectivity index (χ0v) is 12.7. The fourth-order valence-corrected chi connectivity index (χ4v) is 3.99. The molecule has 0 bridgehead atoms. The summed E-state index contributed by atoms with van der Waals surface area (Å²) in [6.45, 7) is 2.08. The summed E-state index contributed by atoms with van der Waals surface area (Å²) < 4.78 is 14.8. The Bertz CT molecular complexity index is 538. The van der Waals surface area contributed by atoms with Gasteiger partial charge < -0.3 is 5.32 Å². The summed E-state index contributed by atoms with van der Waals surface area (Å²) in [4.78, 5) is 2.48. The number of rotatable bonds is 4.